The molecule has 0 aliphatic carbocycles. The Morgan fingerprint density at radius 2 is 1.62 bits per heavy atom. The highest BCUT2D eigenvalue weighted by Gasteiger charge is 2.20. The number of nitrogens with one attached hydrogen (secondary N) is 2. The summed E-state index contributed by atoms with van der Waals surface area (Å²) in [7, 11) is 0. The lowest BCUT2D eigenvalue weighted by atomic mass is 10.1. The third-order valence-corrected chi connectivity index (χ3v) is 4.13. The lowest BCUT2D eigenvalue weighted by Gasteiger charge is -2.06. The molecular weight excluding hydrogens is 375 g/mol. The van der Waals surface area contributed by atoms with Crippen LogP contribution >= 0.6 is 0 Å². The molecule has 2 N–H and O–H groups in total. The van der Waals surface area contributed by atoms with Gasteiger partial charge in [-0.2, -0.15) is 5.10 Å². The second kappa shape index (κ2) is 7.81. The van der Waals surface area contributed by atoms with Crippen molar-refractivity contribution in [3.05, 3.63) is 96.3 Å². The number of furan rings is 1. The fourth-order valence-electron chi connectivity index (χ4n) is 2.72. The summed E-state index contributed by atoms with van der Waals surface area (Å²) >= 11 is 0. The van der Waals surface area contributed by atoms with E-state index in [9.17, 15) is 14.0 Å². The standard InChI is InChI=1S/C21H15FN4O3/c22-15-10-8-14(9-11-15)19-17(13-26(25-19)16-5-2-1-3-6-16)20(27)23-24-21(28)18-7-4-12-29-18/h1-13H,(H,23,27)(H,24,28). The van der Waals surface area contributed by atoms with Crippen LogP contribution in [0, 0.1) is 5.82 Å². The van der Waals surface area contributed by atoms with E-state index in [1.807, 2.05) is 30.3 Å². The average molecular weight is 390 g/mol. The van der Waals surface area contributed by atoms with E-state index in [0.29, 0.717) is 11.3 Å². The highest BCUT2D eigenvalue weighted by molar-refractivity contribution is 6.01. The number of rotatable bonds is 4. The minimum Gasteiger partial charge on any atom is -0.459 e. The second-order valence-corrected chi connectivity index (χ2v) is 6.06. The van der Waals surface area contributed by atoms with Gasteiger partial charge < -0.3 is 4.42 Å². The van der Waals surface area contributed by atoms with Crippen molar-refractivity contribution in [1.82, 2.24) is 20.6 Å². The molecule has 2 amide bonds. The number of hydrogen-bond acceptors (Lipinski definition) is 4. The molecule has 0 aliphatic heterocycles. The highest BCUT2D eigenvalue weighted by Crippen LogP contribution is 2.24. The van der Waals surface area contributed by atoms with Crippen molar-refractivity contribution in [2.45, 2.75) is 0 Å². The number of halogens is 1. The van der Waals surface area contributed by atoms with Crippen LogP contribution in [0.4, 0.5) is 4.39 Å². The number of aromatic nitrogens is 2. The maximum atomic E-state index is 13.3. The maximum Gasteiger partial charge on any atom is 0.305 e. The molecule has 0 bridgehead atoms. The summed E-state index contributed by atoms with van der Waals surface area (Å²) < 4.78 is 19.8. The molecular formula is C21H15FN4O3. The van der Waals surface area contributed by atoms with Gasteiger partial charge in [-0.3, -0.25) is 20.4 Å². The maximum absolute atomic E-state index is 13.3. The van der Waals surface area contributed by atoms with Crippen LogP contribution in [-0.4, -0.2) is 21.6 Å². The fourth-order valence-corrected chi connectivity index (χ4v) is 2.72. The normalized spacial score (nSPS) is 10.5. The average Bonchev–Trinajstić information content (AvgIpc) is 3.43. The summed E-state index contributed by atoms with van der Waals surface area (Å²) in [5.74, 6) is -1.51. The minimum absolute atomic E-state index is 0.0593. The number of hydrazine groups is 1. The Labute approximate surface area is 164 Å². The summed E-state index contributed by atoms with van der Waals surface area (Å²) in [5, 5.41) is 4.48. The molecule has 0 aliphatic rings. The molecule has 144 valence electrons. The number of hydrogen-bond donors (Lipinski definition) is 2. The van der Waals surface area contributed by atoms with Crippen molar-refractivity contribution in [2.24, 2.45) is 0 Å². The van der Waals surface area contributed by atoms with Crippen LogP contribution in [0.15, 0.2) is 83.6 Å². The van der Waals surface area contributed by atoms with Gasteiger partial charge in [0.25, 0.3) is 5.91 Å². The molecule has 0 unspecified atom stereocenters. The summed E-state index contributed by atoms with van der Waals surface area (Å²) in [5.41, 5.74) is 6.50. The summed E-state index contributed by atoms with van der Waals surface area (Å²) in [6.07, 6.45) is 2.90. The molecule has 0 radical (unpaired) electrons. The number of carbonyl (C=O) groups is 2. The van der Waals surface area contributed by atoms with Crippen LogP contribution in [0.1, 0.15) is 20.9 Å². The van der Waals surface area contributed by atoms with Crippen molar-refractivity contribution in [3.63, 3.8) is 0 Å². The smallest absolute Gasteiger partial charge is 0.305 e. The first-order valence-corrected chi connectivity index (χ1v) is 8.67. The fraction of sp³-hybridized carbons (Fsp3) is 0. The highest BCUT2D eigenvalue weighted by atomic mass is 19.1. The van der Waals surface area contributed by atoms with E-state index in [1.165, 1.54) is 36.6 Å². The Morgan fingerprint density at radius 1 is 0.897 bits per heavy atom. The van der Waals surface area contributed by atoms with Gasteiger partial charge in [-0.1, -0.05) is 18.2 Å². The lowest BCUT2D eigenvalue weighted by molar-refractivity contribution is 0.0831. The Hall–Kier alpha value is -4.20. The zero-order valence-corrected chi connectivity index (χ0v) is 15.0. The second-order valence-electron chi connectivity index (χ2n) is 6.06. The molecule has 4 aromatic rings. The van der Waals surface area contributed by atoms with E-state index in [2.05, 4.69) is 16.0 Å². The first-order valence-electron chi connectivity index (χ1n) is 8.67. The Kier molecular flexibility index (Phi) is 4.90. The Bertz CT molecular complexity index is 1140. The van der Waals surface area contributed by atoms with Crippen LogP contribution in [0.2, 0.25) is 0 Å². The van der Waals surface area contributed by atoms with Crippen molar-refractivity contribution in [1.29, 1.82) is 0 Å². The Morgan fingerprint density at radius 3 is 2.31 bits per heavy atom. The monoisotopic (exact) mass is 390 g/mol. The van der Waals surface area contributed by atoms with Crippen LogP contribution in [-0.2, 0) is 0 Å². The van der Waals surface area contributed by atoms with E-state index in [1.54, 1.807) is 16.9 Å². The molecule has 7 nitrogen and oxygen atoms in total. The Balaban J connectivity index is 1.65. The largest absolute Gasteiger partial charge is 0.459 e. The topological polar surface area (TPSA) is 89.2 Å². The van der Waals surface area contributed by atoms with E-state index in [4.69, 9.17) is 4.42 Å². The number of para-hydroxylation sites is 1. The van der Waals surface area contributed by atoms with Crippen molar-refractivity contribution >= 4 is 11.8 Å². The van der Waals surface area contributed by atoms with Gasteiger partial charge in [-0.05, 0) is 48.5 Å². The summed E-state index contributed by atoms with van der Waals surface area (Å²) in [6.45, 7) is 0. The van der Waals surface area contributed by atoms with Gasteiger partial charge in [0.05, 0.1) is 17.5 Å². The third kappa shape index (κ3) is 3.91. The van der Waals surface area contributed by atoms with Crippen molar-refractivity contribution < 1.29 is 18.4 Å². The van der Waals surface area contributed by atoms with Gasteiger partial charge in [0, 0.05) is 11.8 Å². The SMILES string of the molecule is O=C(NNC(=O)c1cn(-c2ccccc2)nc1-c1ccc(F)cc1)c1ccco1. The van der Waals surface area contributed by atoms with Gasteiger partial charge in [-0.25, -0.2) is 9.07 Å². The van der Waals surface area contributed by atoms with Crippen LogP contribution in [0.5, 0.6) is 0 Å². The van der Waals surface area contributed by atoms with Gasteiger partial charge in [0.1, 0.15) is 11.5 Å². The third-order valence-electron chi connectivity index (χ3n) is 4.13. The van der Waals surface area contributed by atoms with E-state index in [-0.39, 0.29) is 11.3 Å². The first kappa shape index (κ1) is 18.2. The predicted octanol–water partition coefficient (Wildman–Crippen LogP) is 3.35. The van der Waals surface area contributed by atoms with Gasteiger partial charge in [0.2, 0.25) is 0 Å². The molecule has 4 rings (SSSR count). The molecule has 2 heterocycles. The molecule has 2 aromatic heterocycles. The number of carbonyl (C=O) groups excluding carboxylic acids is 2. The number of amides is 2. The van der Waals surface area contributed by atoms with E-state index >= 15 is 0 Å². The lowest BCUT2D eigenvalue weighted by Crippen LogP contribution is -2.41. The van der Waals surface area contributed by atoms with Crippen LogP contribution < -0.4 is 10.9 Å². The van der Waals surface area contributed by atoms with E-state index < -0.39 is 17.6 Å². The summed E-state index contributed by atoms with van der Waals surface area (Å²) in [6, 6.07) is 17.9. The zero-order chi connectivity index (χ0) is 20.2. The molecule has 0 fully saturated rings. The minimum atomic E-state index is -0.595. The quantitative estimate of drug-likeness (QED) is 0.523. The first-order chi connectivity index (χ1) is 14.1. The summed E-state index contributed by atoms with van der Waals surface area (Å²) in [4.78, 5) is 24.7. The molecule has 0 spiro atoms. The predicted molar refractivity (Wildman–Crippen MR) is 103 cm³/mol. The van der Waals surface area contributed by atoms with Crippen molar-refractivity contribution in [2.75, 3.05) is 0 Å². The molecule has 2 aromatic carbocycles. The molecule has 8 heteroatoms. The molecule has 0 saturated carbocycles. The molecule has 29 heavy (non-hydrogen) atoms. The van der Waals surface area contributed by atoms with Gasteiger partial charge >= 0.3 is 5.91 Å². The van der Waals surface area contributed by atoms with Gasteiger partial charge in [-0.15, -0.1) is 0 Å². The molecule has 0 saturated heterocycles. The van der Waals surface area contributed by atoms with Gasteiger partial charge in [0.15, 0.2) is 5.76 Å². The van der Waals surface area contributed by atoms with Crippen molar-refractivity contribution in [3.8, 4) is 16.9 Å². The zero-order valence-electron chi connectivity index (χ0n) is 15.0. The number of nitrogens with zero attached hydrogens (tertiary/aromatic N) is 2. The number of benzene rings is 2. The molecule has 0 atom stereocenters. The van der Waals surface area contributed by atoms with Crippen LogP contribution in [0.3, 0.4) is 0 Å². The van der Waals surface area contributed by atoms with E-state index in [0.717, 1.165) is 5.69 Å². The van der Waals surface area contributed by atoms with Crippen LogP contribution in [0.25, 0.3) is 16.9 Å².